The van der Waals surface area contributed by atoms with Gasteiger partial charge in [-0.1, -0.05) is 62.4 Å². The summed E-state index contributed by atoms with van der Waals surface area (Å²) in [7, 11) is 2.57. The Kier molecular flexibility index (Phi) is 10.6. The Hall–Kier alpha value is -6.90. The fourth-order valence-corrected chi connectivity index (χ4v) is 9.12. The van der Waals surface area contributed by atoms with Crippen LogP contribution in [0.25, 0.3) is 44.2 Å². The van der Waals surface area contributed by atoms with E-state index in [4.69, 9.17) is 24.2 Å². The average molecular weight is 825 g/mol. The summed E-state index contributed by atoms with van der Waals surface area (Å²) in [6, 6.07) is 21.6. The number of carbonyl (C=O) groups is 4. The van der Waals surface area contributed by atoms with Gasteiger partial charge in [-0.15, -0.1) is 0 Å². The van der Waals surface area contributed by atoms with E-state index in [1.54, 1.807) is 11.1 Å². The molecule has 0 aliphatic carbocycles. The second-order valence-electron chi connectivity index (χ2n) is 16.2. The minimum absolute atomic E-state index is 0.120. The molecule has 0 spiro atoms. The lowest BCUT2D eigenvalue weighted by Gasteiger charge is -2.30. The number of nitrogens with zero attached hydrogens (tertiary/aromatic N) is 4. The number of methoxy groups -OCH3 is 2. The van der Waals surface area contributed by atoms with Gasteiger partial charge < -0.3 is 44.6 Å². The summed E-state index contributed by atoms with van der Waals surface area (Å²) in [5, 5.41) is 7.32. The molecule has 2 fully saturated rings. The molecule has 61 heavy (non-hydrogen) atoms. The van der Waals surface area contributed by atoms with Crippen molar-refractivity contribution in [3.05, 3.63) is 102 Å². The molecule has 2 aromatic heterocycles. The number of amides is 4. The number of carbonyl (C=O) groups excluding carboxylic acids is 4. The zero-order valence-corrected chi connectivity index (χ0v) is 34.5. The lowest BCUT2D eigenvalue weighted by molar-refractivity contribution is -0.135. The zero-order chi connectivity index (χ0) is 42.4. The SMILES string of the molecule is COC(=O)NC(C(=O)N1CCCC1c1nc2c(ccc3c4c(ccc32)-c2ccc(-c3cnc(C5CCCN5C(=O)C(NC(=O)OC)C(C)C)[nH]3)cc2CO4)[nH]1)c1ccccc1. The van der Waals surface area contributed by atoms with E-state index in [1.807, 2.05) is 55.1 Å². The van der Waals surface area contributed by atoms with Gasteiger partial charge in [-0.3, -0.25) is 9.59 Å². The van der Waals surface area contributed by atoms with Crippen molar-refractivity contribution < 1.29 is 33.4 Å². The third-order valence-electron chi connectivity index (χ3n) is 12.2. The Bertz CT molecular complexity index is 2660. The van der Waals surface area contributed by atoms with Crippen molar-refractivity contribution in [1.82, 2.24) is 40.4 Å². The number of H-pyrrole nitrogens is 2. The highest BCUT2D eigenvalue weighted by Gasteiger charge is 2.39. The first-order valence-corrected chi connectivity index (χ1v) is 20.7. The zero-order valence-electron chi connectivity index (χ0n) is 34.5. The van der Waals surface area contributed by atoms with Crippen LogP contribution in [0.5, 0.6) is 5.75 Å². The van der Waals surface area contributed by atoms with Gasteiger partial charge >= 0.3 is 12.2 Å². The summed E-state index contributed by atoms with van der Waals surface area (Å²) in [6.07, 6.45) is 3.63. The van der Waals surface area contributed by atoms with Crippen LogP contribution in [-0.2, 0) is 25.7 Å². The first kappa shape index (κ1) is 39.6. The molecule has 0 radical (unpaired) electrons. The molecule has 4 aromatic carbocycles. The largest absolute Gasteiger partial charge is 0.488 e. The third-order valence-corrected chi connectivity index (χ3v) is 12.2. The van der Waals surface area contributed by atoms with Gasteiger partial charge in [0.1, 0.15) is 36.1 Å². The Morgan fingerprint density at radius 2 is 1.48 bits per heavy atom. The van der Waals surface area contributed by atoms with Gasteiger partial charge in [0.15, 0.2) is 0 Å². The van der Waals surface area contributed by atoms with Crippen molar-refractivity contribution in [2.24, 2.45) is 5.92 Å². The molecule has 0 saturated carbocycles. The molecular formula is C46H48N8O7. The van der Waals surface area contributed by atoms with Crippen molar-refractivity contribution in [2.75, 3.05) is 27.3 Å². The minimum atomic E-state index is -0.902. The van der Waals surface area contributed by atoms with Gasteiger partial charge in [-0.05, 0) is 78.1 Å². The summed E-state index contributed by atoms with van der Waals surface area (Å²) in [5.74, 6) is 1.70. The molecule has 3 aliphatic heterocycles. The van der Waals surface area contributed by atoms with Crippen molar-refractivity contribution in [3.8, 4) is 28.1 Å². The molecule has 5 heterocycles. The number of aromatic amines is 2. The van der Waals surface area contributed by atoms with E-state index in [-0.39, 0.29) is 29.8 Å². The molecule has 4 atom stereocenters. The van der Waals surface area contributed by atoms with Crippen LogP contribution < -0.4 is 15.4 Å². The van der Waals surface area contributed by atoms with Crippen molar-refractivity contribution in [1.29, 1.82) is 0 Å². The number of fused-ring (bicyclic) bond motifs is 7. The monoisotopic (exact) mass is 824 g/mol. The summed E-state index contributed by atoms with van der Waals surface area (Å²) in [5.41, 5.74) is 7.22. The number of hydrogen-bond acceptors (Lipinski definition) is 9. The number of benzene rings is 4. The van der Waals surface area contributed by atoms with Crippen molar-refractivity contribution >= 4 is 45.8 Å². The van der Waals surface area contributed by atoms with E-state index in [0.29, 0.717) is 36.9 Å². The Morgan fingerprint density at radius 3 is 2.21 bits per heavy atom. The number of rotatable bonds is 9. The molecule has 4 N–H and O–H groups in total. The topological polar surface area (TPSA) is 184 Å². The lowest BCUT2D eigenvalue weighted by Crippen LogP contribution is -2.51. The predicted molar refractivity (Wildman–Crippen MR) is 227 cm³/mol. The minimum Gasteiger partial charge on any atom is -0.488 e. The highest BCUT2D eigenvalue weighted by Crippen LogP contribution is 2.45. The molecule has 314 valence electrons. The van der Waals surface area contributed by atoms with E-state index in [9.17, 15) is 19.2 Å². The number of hydrogen-bond donors (Lipinski definition) is 4. The molecular weight excluding hydrogens is 777 g/mol. The molecule has 6 aromatic rings. The van der Waals surface area contributed by atoms with E-state index < -0.39 is 24.3 Å². The maximum atomic E-state index is 14.1. The maximum absolute atomic E-state index is 14.1. The summed E-state index contributed by atoms with van der Waals surface area (Å²) in [6.45, 7) is 5.29. The quantitative estimate of drug-likeness (QED) is 0.115. The summed E-state index contributed by atoms with van der Waals surface area (Å²) < 4.78 is 16.2. The lowest BCUT2D eigenvalue weighted by atomic mass is 9.92. The number of nitrogens with one attached hydrogen (secondary N) is 4. The number of ether oxygens (including phenoxy) is 3. The third kappa shape index (κ3) is 7.27. The molecule has 15 heteroatoms. The average Bonchev–Trinajstić information content (AvgIpc) is 4.13. The second-order valence-corrected chi connectivity index (χ2v) is 16.2. The highest BCUT2D eigenvalue weighted by molar-refractivity contribution is 6.09. The fourth-order valence-electron chi connectivity index (χ4n) is 9.12. The van der Waals surface area contributed by atoms with Crippen LogP contribution in [0, 0.1) is 5.92 Å². The van der Waals surface area contributed by atoms with Crippen LogP contribution in [0.2, 0.25) is 0 Å². The van der Waals surface area contributed by atoms with Crippen LogP contribution >= 0.6 is 0 Å². The van der Waals surface area contributed by atoms with Gasteiger partial charge in [-0.2, -0.15) is 0 Å². The van der Waals surface area contributed by atoms with Gasteiger partial charge in [-0.25, -0.2) is 19.6 Å². The standard InChI is InChI=1S/C46H48N8O7/c1-25(2)37(51-45(57)59-3)43(55)53-20-8-12-35(53)41-47-23-34(49-41)27-14-15-29-28(22-27)24-61-40-31(29)17-16-30-32(40)18-19-33-39(30)50-42(48-33)36-13-9-21-54(36)44(56)38(52-46(58)60-4)26-10-6-5-7-11-26/h5-7,10-11,14-19,22-23,25,35-38H,8-9,12-13,20-21,24H2,1-4H3,(H,47,49)(H,48,50)(H,51,57)(H,52,58). The second kappa shape index (κ2) is 16.3. The number of imidazole rings is 2. The van der Waals surface area contributed by atoms with E-state index >= 15 is 0 Å². The molecule has 4 unspecified atom stereocenters. The predicted octanol–water partition coefficient (Wildman–Crippen LogP) is 7.47. The summed E-state index contributed by atoms with van der Waals surface area (Å²) in [4.78, 5) is 72.5. The molecule has 15 nitrogen and oxygen atoms in total. The van der Waals surface area contributed by atoms with Crippen molar-refractivity contribution in [3.63, 3.8) is 0 Å². The first-order valence-electron chi connectivity index (χ1n) is 20.7. The fraction of sp³-hybridized carbons (Fsp3) is 0.348. The van der Waals surface area contributed by atoms with Gasteiger partial charge in [0, 0.05) is 29.4 Å². The van der Waals surface area contributed by atoms with E-state index in [2.05, 4.69) is 57.0 Å². The van der Waals surface area contributed by atoms with Gasteiger partial charge in [0.25, 0.3) is 5.91 Å². The first-order chi connectivity index (χ1) is 29.6. The molecule has 2 saturated heterocycles. The summed E-state index contributed by atoms with van der Waals surface area (Å²) >= 11 is 0. The molecule has 9 rings (SSSR count). The van der Waals surface area contributed by atoms with Gasteiger partial charge in [0.2, 0.25) is 5.91 Å². The number of likely N-dealkylation sites (tertiary alicyclic amines) is 2. The highest BCUT2D eigenvalue weighted by atomic mass is 16.5. The molecule has 0 bridgehead atoms. The number of aromatic nitrogens is 4. The van der Waals surface area contributed by atoms with Gasteiger partial charge in [0.05, 0.1) is 49.2 Å². The van der Waals surface area contributed by atoms with Crippen molar-refractivity contribution in [2.45, 2.75) is 70.3 Å². The van der Waals surface area contributed by atoms with Crippen LogP contribution in [0.15, 0.2) is 79.0 Å². The van der Waals surface area contributed by atoms with E-state index in [0.717, 1.165) is 81.2 Å². The van der Waals surface area contributed by atoms with Crippen LogP contribution in [0.1, 0.15) is 80.4 Å². The smallest absolute Gasteiger partial charge is 0.407 e. The van der Waals surface area contributed by atoms with E-state index in [1.165, 1.54) is 14.2 Å². The Balaban J connectivity index is 0.959. The molecule has 4 amide bonds. The normalized spacial score (nSPS) is 18.0. The Labute approximate surface area is 352 Å². The maximum Gasteiger partial charge on any atom is 0.407 e. The van der Waals surface area contributed by atoms with Crippen LogP contribution in [0.4, 0.5) is 9.59 Å². The molecule has 3 aliphatic rings. The Morgan fingerprint density at radius 1 is 0.787 bits per heavy atom. The van der Waals surface area contributed by atoms with Crippen LogP contribution in [-0.4, -0.2) is 87.1 Å². The van der Waals surface area contributed by atoms with Crippen LogP contribution in [0.3, 0.4) is 0 Å². The number of alkyl carbamates (subject to hydrolysis) is 2.